The monoisotopic (exact) mass is 315 g/mol. The first-order chi connectivity index (χ1) is 8.71. The summed E-state index contributed by atoms with van der Waals surface area (Å²) < 4.78 is 11.6. The van der Waals surface area contributed by atoms with Crippen molar-refractivity contribution in [2.24, 2.45) is 0 Å². The Morgan fingerprint density at radius 3 is 2.72 bits per heavy atom. The van der Waals surface area contributed by atoms with Crippen LogP contribution < -0.4 is 10.1 Å². The molecular formula is C14H22BrNO2. The van der Waals surface area contributed by atoms with Crippen molar-refractivity contribution in [1.29, 1.82) is 0 Å². The van der Waals surface area contributed by atoms with E-state index >= 15 is 0 Å². The molecule has 3 nitrogen and oxygen atoms in total. The number of aryl methyl sites for hydroxylation is 1. The van der Waals surface area contributed by atoms with Crippen LogP contribution in [0.5, 0.6) is 5.75 Å². The first kappa shape index (κ1) is 15.5. The second-order valence-electron chi connectivity index (χ2n) is 4.21. The van der Waals surface area contributed by atoms with Gasteiger partial charge in [-0.1, -0.05) is 22.9 Å². The fourth-order valence-electron chi connectivity index (χ4n) is 1.93. The van der Waals surface area contributed by atoms with Crippen LogP contribution in [0, 0.1) is 0 Å². The zero-order valence-electron chi connectivity index (χ0n) is 11.3. The predicted octanol–water partition coefficient (Wildman–Crippen LogP) is 3.01. The second-order valence-corrected chi connectivity index (χ2v) is 5.06. The highest BCUT2D eigenvalue weighted by Gasteiger charge is 2.09. The zero-order valence-corrected chi connectivity index (χ0v) is 12.9. The molecule has 1 N–H and O–H groups in total. The smallest absolute Gasteiger partial charge is 0.119 e. The second kappa shape index (κ2) is 8.51. The van der Waals surface area contributed by atoms with Gasteiger partial charge in [0.2, 0.25) is 0 Å². The van der Waals surface area contributed by atoms with Crippen LogP contribution in [0.2, 0.25) is 0 Å². The standard InChI is InChI=1S/C14H22BrNO2/c1-4-16-12(10-17-2)6-5-11-9-13(18-3)7-8-14(11)15/h7-9,12,16H,4-6,10H2,1-3H3. The molecule has 4 heteroatoms. The van der Waals surface area contributed by atoms with E-state index in [2.05, 4.69) is 34.2 Å². The van der Waals surface area contributed by atoms with Crippen LogP contribution >= 0.6 is 15.9 Å². The van der Waals surface area contributed by atoms with Gasteiger partial charge in [0.05, 0.1) is 13.7 Å². The molecule has 18 heavy (non-hydrogen) atoms. The van der Waals surface area contributed by atoms with E-state index in [0.29, 0.717) is 6.04 Å². The molecule has 0 aliphatic heterocycles. The highest BCUT2D eigenvalue weighted by molar-refractivity contribution is 9.10. The Hall–Kier alpha value is -0.580. The molecule has 0 radical (unpaired) electrons. The molecule has 0 aliphatic rings. The minimum Gasteiger partial charge on any atom is -0.497 e. The lowest BCUT2D eigenvalue weighted by Gasteiger charge is -2.17. The Morgan fingerprint density at radius 1 is 1.33 bits per heavy atom. The SMILES string of the molecule is CCNC(CCc1cc(OC)ccc1Br)COC. The van der Waals surface area contributed by atoms with Crippen LogP contribution in [-0.4, -0.2) is 33.4 Å². The van der Waals surface area contributed by atoms with Gasteiger partial charge in [-0.3, -0.25) is 0 Å². The number of rotatable bonds is 8. The van der Waals surface area contributed by atoms with E-state index in [9.17, 15) is 0 Å². The average Bonchev–Trinajstić information content (AvgIpc) is 2.38. The van der Waals surface area contributed by atoms with Gasteiger partial charge in [0.1, 0.15) is 5.75 Å². The summed E-state index contributed by atoms with van der Waals surface area (Å²) in [5.74, 6) is 0.903. The predicted molar refractivity (Wildman–Crippen MR) is 78.4 cm³/mol. The number of benzene rings is 1. The topological polar surface area (TPSA) is 30.5 Å². The van der Waals surface area contributed by atoms with Gasteiger partial charge in [-0.25, -0.2) is 0 Å². The zero-order chi connectivity index (χ0) is 13.4. The van der Waals surface area contributed by atoms with Crippen molar-refractivity contribution < 1.29 is 9.47 Å². The van der Waals surface area contributed by atoms with Crippen molar-refractivity contribution >= 4 is 15.9 Å². The van der Waals surface area contributed by atoms with Gasteiger partial charge in [0.25, 0.3) is 0 Å². The molecule has 1 aromatic rings. The fraction of sp³-hybridized carbons (Fsp3) is 0.571. The molecule has 0 saturated heterocycles. The average molecular weight is 316 g/mol. The molecule has 0 amide bonds. The van der Waals surface area contributed by atoms with E-state index in [1.807, 2.05) is 12.1 Å². The molecule has 1 atom stereocenters. The number of likely N-dealkylation sites (N-methyl/N-ethyl adjacent to an activating group) is 1. The maximum atomic E-state index is 5.25. The molecular weight excluding hydrogens is 294 g/mol. The van der Waals surface area contributed by atoms with Crippen LogP contribution in [0.4, 0.5) is 0 Å². The van der Waals surface area contributed by atoms with Crippen LogP contribution in [0.15, 0.2) is 22.7 Å². The number of hydrogen-bond donors (Lipinski definition) is 1. The molecule has 1 aromatic carbocycles. The van der Waals surface area contributed by atoms with Crippen molar-refractivity contribution in [1.82, 2.24) is 5.32 Å². The van der Waals surface area contributed by atoms with Gasteiger partial charge in [-0.2, -0.15) is 0 Å². The van der Waals surface area contributed by atoms with Gasteiger partial charge in [-0.05, 0) is 43.1 Å². The largest absolute Gasteiger partial charge is 0.497 e. The molecule has 1 rings (SSSR count). The number of halogens is 1. The van der Waals surface area contributed by atoms with E-state index in [1.165, 1.54) is 5.56 Å². The summed E-state index contributed by atoms with van der Waals surface area (Å²) in [5, 5.41) is 3.43. The molecule has 0 aliphatic carbocycles. The Morgan fingerprint density at radius 2 is 2.11 bits per heavy atom. The molecule has 0 spiro atoms. The summed E-state index contributed by atoms with van der Waals surface area (Å²) in [7, 11) is 3.44. The summed E-state index contributed by atoms with van der Waals surface area (Å²) in [6.45, 7) is 3.83. The maximum absolute atomic E-state index is 5.25. The quantitative estimate of drug-likeness (QED) is 0.800. The van der Waals surface area contributed by atoms with Crippen molar-refractivity contribution in [2.45, 2.75) is 25.8 Å². The van der Waals surface area contributed by atoms with E-state index < -0.39 is 0 Å². The number of nitrogens with one attached hydrogen (secondary N) is 1. The van der Waals surface area contributed by atoms with Gasteiger partial charge in [0, 0.05) is 17.6 Å². The fourth-order valence-corrected chi connectivity index (χ4v) is 2.38. The molecule has 0 heterocycles. The van der Waals surface area contributed by atoms with Crippen molar-refractivity contribution in [3.8, 4) is 5.75 Å². The summed E-state index contributed by atoms with van der Waals surface area (Å²) >= 11 is 3.58. The van der Waals surface area contributed by atoms with Crippen molar-refractivity contribution in [3.05, 3.63) is 28.2 Å². The normalized spacial score (nSPS) is 12.4. The number of methoxy groups -OCH3 is 2. The minimum absolute atomic E-state index is 0.401. The van der Waals surface area contributed by atoms with E-state index in [4.69, 9.17) is 9.47 Å². The van der Waals surface area contributed by atoms with Crippen LogP contribution in [0.3, 0.4) is 0 Å². The Labute approximate surface area is 118 Å². The molecule has 0 aromatic heterocycles. The molecule has 0 bridgehead atoms. The lowest BCUT2D eigenvalue weighted by atomic mass is 10.1. The van der Waals surface area contributed by atoms with E-state index in [1.54, 1.807) is 14.2 Å². The van der Waals surface area contributed by atoms with E-state index in [-0.39, 0.29) is 0 Å². The minimum atomic E-state index is 0.401. The van der Waals surface area contributed by atoms with Crippen molar-refractivity contribution in [3.63, 3.8) is 0 Å². The highest BCUT2D eigenvalue weighted by Crippen LogP contribution is 2.24. The molecule has 0 fully saturated rings. The molecule has 0 saturated carbocycles. The third-order valence-electron chi connectivity index (χ3n) is 2.88. The summed E-state index contributed by atoms with van der Waals surface area (Å²) in [6.07, 6.45) is 2.05. The Kier molecular flexibility index (Phi) is 7.32. The summed E-state index contributed by atoms with van der Waals surface area (Å²) in [5.41, 5.74) is 1.27. The van der Waals surface area contributed by atoms with Crippen LogP contribution in [0.25, 0.3) is 0 Å². The maximum Gasteiger partial charge on any atom is 0.119 e. The van der Waals surface area contributed by atoms with Gasteiger partial charge >= 0.3 is 0 Å². The number of ether oxygens (including phenoxy) is 2. The third-order valence-corrected chi connectivity index (χ3v) is 3.65. The van der Waals surface area contributed by atoms with Gasteiger partial charge in [0.15, 0.2) is 0 Å². The Bertz CT molecular complexity index is 352. The van der Waals surface area contributed by atoms with E-state index in [0.717, 1.165) is 36.2 Å². The lowest BCUT2D eigenvalue weighted by molar-refractivity contribution is 0.163. The van der Waals surface area contributed by atoms with Crippen molar-refractivity contribution in [2.75, 3.05) is 27.4 Å². The molecule has 102 valence electrons. The first-order valence-corrected chi connectivity index (χ1v) is 7.05. The summed E-state index contributed by atoms with van der Waals surface area (Å²) in [4.78, 5) is 0. The van der Waals surface area contributed by atoms with Crippen LogP contribution in [0.1, 0.15) is 18.9 Å². The van der Waals surface area contributed by atoms with Gasteiger partial charge in [-0.15, -0.1) is 0 Å². The molecule has 1 unspecified atom stereocenters. The summed E-state index contributed by atoms with van der Waals surface area (Å²) in [6, 6.07) is 6.48. The number of hydrogen-bond acceptors (Lipinski definition) is 3. The van der Waals surface area contributed by atoms with Crippen LogP contribution in [-0.2, 0) is 11.2 Å². The Balaban J connectivity index is 2.60. The lowest BCUT2D eigenvalue weighted by Crippen LogP contribution is -2.33. The first-order valence-electron chi connectivity index (χ1n) is 6.26. The third kappa shape index (κ3) is 4.96. The van der Waals surface area contributed by atoms with Gasteiger partial charge < -0.3 is 14.8 Å². The highest BCUT2D eigenvalue weighted by atomic mass is 79.9.